The maximum Gasteiger partial charge on any atom is 0.426 e. The van der Waals surface area contributed by atoms with Crippen molar-refractivity contribution < 1.29 is 24.7 Å². The number of hydrogen-bond donors (Lipinski definition) is 4. The molecule has 3 amide bonds. The average molecular weight is 391 g/mol. The first-order valence-electron chi connectivity index (χ1n) is 8.41. The summed E-state index contributed by atoms with van der Waals surface area (Å²) >= 11 is 0. The summed E-state index contributed by atoms with van der Waals surface area (Å²) in [5, 5.41) is 18.1. The second kappa shape index (κ2) is 10.8. The van der Waals surface area contributed by atoms with Crippen LogP contribution in [0.1, 0.15) is 27.9 Å². The Morgan fingerprint density at radius 2 is 1.48 bits per heavy atom. The van der Waals surface area contributed by atoms with Crippen LogP contribution in [0.3, 0.4) is 0 Å². The molecule has 0 bridgehead atoms. The maximum absolute atomic E-state index is 12.2. The van der Waals surface area contributed by atoms with E-state index < -0.39 is 17.9 Å². The highest BCUT2D eigenvalue weighted by atomic mass is 16.5. The van der Waals surface area contributed by atoms with E-state index in [2.05, 4.69) is 29.1 Å². The third-order valence-electron chi connectivity index (χ3n) is 3.55. The fourth-order valence-corrected chi connectivity index (χ4v) is 2.09. The third kappa shape index (κ3) is 7.10. The van der Waals surface area contributed by atoms with Crippen molar-refractivity contribution in [2.24, 2.45) is 0 Å². The van der Waals surface area contributed by atoms with Crippen LogP contribution in [-0.4, -0.2) is 39.8 Å². The molecule has 2 aromatic rings. The number of carboxylic acid groups (broad SMARTS) is 1. The van der Waals surface area contributed by atoms with Crippen LogP contribution >= 0.6 is 0 Å². The minimum absolute atomic E-state index is 0.212. The molecule has 0 aromatic heterocycles. The number of hydrazine groups is 1. The van der Waals surface area contributed by atoms with Gasteiger partial charge in [0.15, 0.2) is 0 Å². The summed E-state index contributed by atoms with van der Waals surface area (Å²) in [7, 11) is 0. The predicted octanol–water partition coefficient (Wildman–Crippen LogP) is 1.61. The molecule has 146 valence electrons. The maximum atomic E-state index is 12.2. The van der Waals surface area contributed by atoms with Gasteiger partial charge < -0.3 is 5.11 Å². The van der Waals surface area contributed by atoms with E-state index in [-0.39, 0.29) is 18.5 Å². The molecule has 4 N–H and O–H groups in total. The van der Waals surface area contributed by atoms with Crippen molar-refractivity contribution in [2.45, 2.75) is 6.42 Å². The molecule has 29 heavy (non-hydrogen) atoms. The third-order valence-corrected chi connectivity index (χ3v) is 3.55. The minimum atomic E-state index is -1.44. The van der Waals surface area contributed by atoms with Crippen LogP contribution < -0.4 is 10.9 Å². The van der Waals surface area contributed by atoms with Gasteiger partial charge in [-0.3, -0.25) is 20.2 Å². The predicted molar refractivity (Wildman–Crippen MR) is 103 cm³/mol. The lowest BCUT2D eigenvalue weighted by molar-refractivity contribution is -0.129. The Kier molecular flexibility index (Phi) is 7.82. The molecule has 0 heterocycles. The number of rotatable bonds is 4. The highest BCUT2D eigenvalue weighted by Gasteiger charge is 2.17. The number of carbonyl (C=O) groups is 3. The molecule has 0 saturated carbocycles. The molecular formula is C21H17N3O5. The summed E-state index contributed by atoms with van der Waals surface area (Å²) in [6, 6.07) is 15.6. The molecule has 8 heteroatoms. The van der Waals surface area contributed by atoms with Crippen LogP contribution in [0.2, 0.25) is 0 Å². The zero-order chi connectivity index (χ0) is 21.1. The SMILES string of the molecule is O=C(CCN(NC(=O)c1ccc(C#CC#Cc2ccccc2)cc1)C(=O)O)NO. The Bertz CT molecular complexity index is 996. The van der Waals surface area contributed by atoms with Crippen molar-refractivity contribution in [3.05, 3.63) is 71.3 Å². The van der Waals surface area contributed by atoms with Crippen molar-refractivity contribution >= 4 is 17.9 Å². The van der Waals surface area contributed by atoms with Crippen LogP contribution in [0.4, 0.5) is 4.79 Å². The molecule has 0 radical (unpaired) electrons. The number of carbonyl (C=O) groups excluding carboxylic acids is 2. The summed E-state index contributed by atoms with van der Waals surface area (Å²) in [5.74, 6) is 9.78. The normalized spacial score (nSPS) is 9.14. The van der Waals surface area contributed by atoms with Gasteiger partial charge in [0.25, 0.3) is 5.91 Å². The molecular weight excluding hydrogens is 374 g/mol. The molecule has 8 nitrogen and oxygen atoms in total. The topological polar surface area (TPSA) is 119 Å². The average Bonchev–Trinajstić information content (AvgIpc) is 2.74. The summed E-state index contributed by atoms with van der Waals surface area (Å²) in [6.45, 7) is -0.322. The van der Waals surface area contributed by atoms with Gasteiger partial charge in [-0.2, -0.15) is 0 Å². The van der Waals surface area contributed by atoms with Gasteiger partial charge >= 0.3 is 6.09 Å². The van der Waals surface area contributed by atoms with E-state index in [4.69, 9.17) is 10.3 Å². The molecule has 2 aromatic carbocycles. The van der Waals surface area contributed by atoms with Crippen LogP contribution in [-0.2, 0) is 4.79 Å². The summed E-state index contributed by atoms with van der Waals surface area (Å²) < 4.78 is 0. The Labute approximate surface area is 167 Å². The number of nitrogens with one attached hydrogen (secondary N) is 2. The van der Waals surface area contributed by atoms with Gasteiger partial charge in [-0.1, -0.05) is 30.0 Å². The lowest BCUT2D eigenvalue weighted by Gasteiger charge is -2.19. The fourth-order valence-electron chi connectivity index (χ4n) is 2.09. The van der Waals surface area contributed by atoms with Crippen LogP contribution in [0.25, 0.3) is 0 Å². The largest absolute Gasteiger partial charge is 0.464 e. The Morgan fingerprint density at radius 1 is 0.897 bits per heavy atom. The number of benzene rings is 2. The van der Waals surface area contributed by atoms with E-state index in [0.717, 1.165) is 5.56 Å². The molecule has 0 unspecified atom stereocenters. The van der Waals surface area contributed by atoms with Crippen LogP contribution in [0.15, 0.2) is 54.6 Å². The van der Waals surface area contributed by atoms with E-state index in [9.17, 15) is 14.4 Å². The van der Waals surface area contributed by atoms with Crippen molar-refractivity contribution in [1.82, 2.24) is 15.9 Å². The van der Waals surface area contributed by atoms with E-state index in [1.54, 1.807) is 12.1 Å². The van der Waals surface area contributed by atoms with Crippen molar-refractivity contribution in [2.75, 3.05) is 6.54 Å². The van der Waals surface area contributed by atoms with Gasteiger partial charge in [0, 0.05) is 23.1 Å². The first-order chi connectivity index (χ1) is 14.0. The quantitative estimate of drug-likeness (QED) is 0.359. The summed E-state index contributed by atoms with van der Waals surface area (Å²) in [5.41, 5.74) is 5.27. The van der Waals surface area contributed by atoms with E-state index >= 15 is 0 Å². The molecule has 0 fully saturated rings. The number of hydroxylamine groups is 1. The van der Waals surface area contributed by atoms with Gasteiger partial charge in [0.2, 0.25) is 5.91 Å². The highest BCUT2D eigenvalue weighted by molar-refractivity contribution is 5.95. The molecule has 2 rings (SSSR count). The Morgan fingerprint density at radius 3 is 2.03 bits per heavy atom. The minimum Gasteiger partial charge on any atom is -0.464 e. The van der Waals surface area contributed by atoms with Crippen LogP contribution in [0, 0.1) is 23.7 Å². The second-order valence-electron chi connectivity index (χ2n) is 5.60. The van der Waals surface area contributed by atoms with Gasteiger partial charge in [-0.25, -0.2) is 15.3 Å². The highest BCUT2D eigenvalue weighted by Crippen LogP contribution is 2.04. The standard InChI is InChI=1S/C21H17N3O5/c25-19(23-29)14-15-24(21(27)28)22-20(26)18-12-10-17(11-13-18)9-5-4-8-16-6-2-1-3-7-16/h1-3,6-7,10-13,29H,14-15H2,(H,22,26)(H,23,25)(H,27,28). The van der Waals surface area contributed by atoms with Gasteiger partial charge in [0.1, 0.15) is 0 Å². The number of nitrogens with zero attached hydrogens (tertiary/aromatic N) is 1. The lowest BCUT2D eigenvalue weighted by Crippen LogP contribution is -2.47. The van der Waals surface area contributed by atoms with E-state index in [0.29, 0.717) is 10.6 Å². The van der Waals surface area contributed by atoms with Crippen molar-refractivity contribution in [3.63, 3.8) is 0 Å². The lowest BCUT2D eigenvalue weighted by atomic mass is 10.1. The summed E-state index contributed by atoms with van der Waals surface area (Å²) in [4.78, 5) is 34.3. The molecule has 0 saturated heterocycles. The van der Waals surface area contributed by atoms with Gasteiger partial charge in [-0.15, -0.1) is 0 Å². The monoisotopic (exact) mass is 391 g/mol. The molecule has 0 aliphatic rings. The smallest absolute Gasteiger partial charge is 0.426 e. The summed E-state index contributed by atoms with van der Waals surface area (Å²) in [6.07, 6.45) is -1.76. The van der Waals surface area contributed by atoms with Gasteiger partial charge in [0.05, 0.1) is 6.54 Å². The van der Waals surface area contributed by atoms with Gasteiger partial charge in [-0.05, 0) is 48.2 Å². The van der Waals surface area contributed by atoms with Crippen LogP contribution in [0.5, 0.6) is 0 Å². The first kappa shape index (κ1) is 21.0. The number of hydrogen-bond acceptors (Lipinski definition) is 4. The zero-order valence-corrected chi connectivity index (χ0v) is 15.2. The number of amides is 3. The fraction of sp³-hybridized carbons (Fsp3) is 0.0952. The zero-order valence-electron chi connectivity index (χ0n) is 15.2. The molecule has 0 spiro atoms. The Hall–Kier alpha value is -4.27. The van der Waals surface area contributed by atoms with Crippen molar-refractivity contribution in [3.8, 4) is 23.7 Å². The van der Waals surface area contributed by atoms with Crippen molar-refractivity contribution in [1.29, 1.82) is 0 Å². The molecule has 0 aliphatic carbocycles. The molecule has 0 atom stereocenters. The molecule has 0 aliphatic heterocycles. The Balaban J connectivity index is 1.97. The van der Waals surface area contributed by atoms with E-state index in [1.807, 2.05) is 30.3 Å². The van der Waals surface area contributed by atoms with E-state index in [1.165, 1.54) is 17.6 Å². The first-order valence-corrected chi connectivity index (χ1v) is 8.41. The second-order valence-corrected chi connectivity index (χ2v) is 5.60.